The molecule has 0 bridgehead atoms. The average molecular weight is 526 g/mol. The van der Waals surface area contributed by atoms with Crippen LogP contribution in [0, 0.1) is 12.3 Å². The number of methoxy groups -OCH3 is 1. The molecule has 7 nitrogen and oxygen atoms in total. The number of nitrogens with one attached hydrogen (secondary N) is 1. The molecule has 2 heterocycles. The Kier molecular flexibility index (Phi) is 5.70. The predicted molar refractivity (Wildman–Crippen MR) is 134 cm³/mol. The molecule has 10 heteroatoms. The number of hydrogen-bond donors (Lipinski definition) is 1. The van der Waals surface area contributed by atoms with Gasteiger partial charge in [0.15, 0.2) is 5.78 Å². The van der Waals surface area contributed by atoms with Gasteiger partial charge in [0.25, 0.3) is 11.5 Å². The normalized spacial score (nSPS) is 21.2. The number of halogens is 3. The van der Waals surface area contributed by atoms with Crippen molar-refractivity contribution in [2.24, 2.45) is 5.41 Å². The van der Waals surface area contributed by atoms with E-state index in [9.17, 15) is 14.4 Å². The summed E-state index contributed by atoms with van der Waals surface area (Å²) in [6, 6.07) is 14.1. The highest BCUT2D eigenvalue weighted by Gasteiger charge is 2.73. The van der Waals surface area contributed by atoms with Gasteiger partial charge >= 0.3 is 6.18 Å². The van der Waals surface area contributed by atoms with Crippen molar-refractivity contribution in [3.63, 3.8) is 0 Å². The van der Waals surface area contributed by atoms with E-state index in [1.807, 2.05) is 0 Å². The lowest BCUT2D eigenvalue weighted by molar-refractivity contribution is -0.184. The summed E-state index contributed by atoms with van der Waals surface area (Å²) < 4.78 is 52.5. The van der Waals surface area contributed by atoms with Gasteiger partial charge in [0.2, 0.25) is 5.41 Å². The first-order valence-electron chi connectivity index (χ1n) is 12.0. The van der Waals surface area contributed by atoms with E-state index in [1.165, 1.54) is 38.3 Å². The fourth-order valence-electron chi connectivity index (χ4n) is 5.69. The molecule has 1 aliphatic carbocycles. The van der Waals surface area contributed by atoms with Crippen LogP contribution in [0.4, 0.5) is 18.9 Å². The molecule has 3 aromatic rings. The van der Waals surface area contributed by atoms with E-state index in [1.54, 1.807) is 44.2 Å². The number of Topliss-reactive ketones (excluding diaryl/α,β-unsaturated/α-hetero) is 1. The average Bonchev–Trinajstić information content (AvgIpc) is 3.28. The maximum atomic E-state index is 15.5. The molecule has 1 N–H and O–H groups in total. The highest BCUT2D eigenvalue weighted by Crippen LogP contribution is 2.58. The smallest absolute Gasteiger partial charge is 0.411 e. The van der Waals surface area contributed by atoms with Crippen molar-refractivity contribution in [2.75, 3.05) is 12.0 Å². The van der Waals surface area contributed by atoms with Gasteiger partial charge in [-0.1, -0.05) is 32.0 Å². The Hall–Kier alpha value is -4.08. The zero-order valence-corrected chi connectivity index (χ0v) is 21.3. The summed E-state index contributed by atoms with van der Waals surface area (Å²) >= 11 is 0. The summed E-state index contributed by atoms with van der Waals surface area (Å²) in [7, 11) is 1.44. The van der Waals surface area contributed by atoms with Gasteiger partial charge in [-0.25, -0.2) is 4.68 Å². The van der Waals surface area contributed by atoms with Gasteiger partial charge in [0.05, 0.1) is 18.4 Å². The molecule has 1 amide bonds. The number of alkyl halides is 3. The van der Waals surface area contributed by atoms with Gasteiger partial charge in [-0.05, 0) is 55.2 Å². The van der Waals surface area contributed by atoms with E-state index in [2.05, 4.69) is 5.10 Å². The third-order valence-electron chi connectivity index (χ3n) is 7.24. The molecule has 0 radical (unpaired) electrons. The van der Waals surface area contributed by atoms with Crippen LogP contribution in [0.1, 0.15) is 37.9 Å². The molecule has 5 rings (SSSR count). The van der Waals surface area contributed by atoms with E-state index in [-0.39, 0.29) is 29.9 Å². The number of aromatic nitrogens is 2. The van der Waals surface area contributed by atoms with E-state index < -0.39 is 45.4 Å². The van der Waals surface area contributed by atoms with Crippen molar-refractivity contribution in [3.8, 4) is 11.4 Å². The summed E-state index contributed by atoms with van der Waals surface area (Å²) in [6.45, 7) is 4.84. The molecule has 38 heavy (non-hydrogen) atoms. The SMILES string of the molecule is COc1ccc(N2C(=O)[C@](c3c(C)[nH]n(-c4ccccc4)c3=O)(C(F)(F)F)C3=C2CC(C)(C)CC3=O)cc1. The number of H-pyrrole nitrogens is 1. The first kappa shape index (κ1) is 25.6. The topological polar surface area (TPSA) is 84.4 Å². The van der Waals surface area contributed by atoms with Gasteiger partial charge in [0, 0.05) is 29.1 Å². The van der Waals surface area contributed by atoms with Crippen LogP contribution in [-0.4, -0.2) is 34.8 Å². The van der Waals surface area contributed by atoms with E-state index in [0.29, 0.717) is 11.4 Å². The second kappa shape index (κ2) is 8.47. The lowest BCUT2D eigenvalue weighted by Crippen LogP contribution is -2.55. The predicted octanol–water partition coefficient (Wildman–Crippen LogP) is 4.97. The number of allylic oxidation sites excluding steroid dienone is 1. The number of carbonyl (C=O) groups is 2. The lowest BCUT2D eigenvalue weighted by Gasteiger charge is -2.35. The Morgan fingerprint density at radius 1 is 0.921 bits per heavy atom. The number of ether oxygens (including phenoxy) is 1. The number of nitrogens with zero attached hydrogens (tertiary/aromatic N) is 2. The number of ketones is 1. The molecular formula is C28H26F3N3O4. The number of hydrogen-bond acceptors (Lipinski definition) is 4. The van der Waals surface area contributed by atoms with Crippen molar-refractivity contribution in [2.45, 2.75) is 45.2 Å². The summed E-state index contributed by atoms with van der Waals surface area (Å²) in [5.74, 6) is -1.75. The van der Waals surface area contributed by atoms with Crippen LogP contribution in [0.3, 0.4) is 0 Å². The number of amides is 1. The molecule has 0 spiro atoms. The molecule has 0 saturated heterocycles. The Morgan fingerprint density at radius 2 is 1.55 bits per heavy atom. The molecule has 0 unspecified atom stereocenters. The highest BCUT2D eigenvalue weighted by atomic mass is 19.4. The molecule has 1 aromatic heterocycles. The van der Waals surface area contributed by atoms with Crippen molar-refractivity contribution >= 4 is 17.4 Å². The standard InChI is InChI=1S/C28H26F3N3O4/c1-16-22(24(36)34(32-16)18-8-6-5-7-9-18)27(28(29,30)31)23-20(14-26(2,3)15-21(23)35)33(25(27)37)17-10-12-19(38-4)13-11-17/h5-13,32H,14-15H2,1-4H3/t27-/m1/s1. The van der Waals surface area contributed by atoms with Gasteiger partial charge in [-0.2, -0.15) is 13.2 Å². The monoisotopic (exact) mass is 525 g/mol. The number of rotatable bonds is 4. The number of anilines is 1. The molecule has 198 valence electrons. The van der Waals surface area contributed by atoms with E-state index >= 15 is 13.2 Å². The number of benzene rings is 2. The Morgan fingerprint density at radius 3 is 2.13 bits per heavy atom. The molecule has 0 saturated carbocycles. The molecule has 2 aromatic carbocycles. The molecule has 1 atom stereocenters. The highest BCUT2D eigenvalue weighted by molar-refractivity contribution is 6.20. The molecule has 0 fully saturated rings. The third-order valence-corrected chi connectivity index (χ3v) is 7.24. The largest absolute Gasteiger partial charge is 0.497 e. The van der Waals surface area contributed by atoms with Gasteiger partial charge in [-0.15, -0.1) is 0 Å². The summed E-state index contributed by atoms with van der Waals surface area (Å²) in [5, 5.41) is 2.70. The van der Waals surface area contributed by atoms with Crippen LogP contribution in [-0.2, 0) is 15.0 Å². The molecule has 1 aliphatic heterocycles. The minimum atomic E-state index is -5.29. The molecule has 2 aliphatic rings. The summed E-state index contributed by atoms with van der Waals surface area (Å²) in [4.78, 5) is 42.5. The number of carbonyl (C=O) groups excluding carboxylic acids is 2. The first-order valence-corrected chi connectivity index (χ1v) is 12.0. The van der Waals surface area contributed by atoms with Crippen molar-refractivity contribution < 1.29 is 27.5 Å². The zero-order valence-electron chi connectivity index (χ0n) is 21.3. The Labute approximate surface area is 216 Å². The van der Waals surface area contributed by atoms with Crippen LogP contribution in [0.2, 0.25) is 0 Å². The fraction of sp³-hybridized carbons (Fsp3) is 0.321. The van der Waals surface area contributed by atoms with Crippen LogP contribution in [0.25, 0.3) is 5.69 Å². The van der Waals surface area contributed by atoms with Gasteiger partial charge in [0.1, 0.15) is 5.75 Å². The van der Waals surface area contributed by atoms with Crippen LogP contribution >= 0.6 is 0 Å². The van der Waals surface area contributed by atoms with E-state index in [4.69, 9.17) is 4.74 Å². The van der Waals surface area contributed by atoms with E-state index in [0.717, 1.165) is 9.58 Å². The van der Waals surface area contributed by atoms with Crippen LogP contribution in [0.15, 0.2) is 70.7 Å². The van der Waals surface area contributed by atoms with Crippen molar-refractivity contribution in [3.05, 3.63) is 87.5 Å². The second-order valence-corrected chi connectivity index (χ2v) is 10.4. The Balaban J connectivity index is 1.85. The second-order valence-electron chi connectivity index (χ2n) is 10.4. The van der Waals surface area contributed by atoms with Crippen LogP contribution in [0.5, 0.6) is 5.75 Å². The fourth-order valence-corrected chi connectivity index (χ4v) is 5.69. The zero-order chi connectivity index (χ0) is 27.6. The number of para-hydroxylation sites is 1. The number of aryl methyl sites for hydroxylation is 1. The lowest BCUT2D eigenvalue weighted by atomic mass is 9.66. The summed E-state index contributed by atoms with van der Waals surface area (Å²) in [6.07, 6.45) is -5.44. The minimum absolute atomic E-state index is 0.0370. The van der Waals surface area contributed by atoms with Gasteiger partial charge in [-0.3, -0.25) is 24.4 Å². The van der Waals surface area contributed by atoms with Gasteiger partial charge < -0.3 is 4.74 Å². The molecular weight excluding hydrogens is 499 g/mol. The number of aromatic amines is 1. The van der Waals surface area contributed by atoms with Crippen molar-refractivity contribution in [1.82, 2.24) is 9.78 Å². The van der Waals surface area contributed by atoms with Crippen LogP contribution < -0.4 is 15.2 Å². The maximum Gasteiger partial charge on any atom is 0.411 e. The van der Waals surface area contributed by atoms with Crippen molar-refractivity contribution in [1.29, 1.82) is 0 Å². The maximum absolute atomic E-state index is 15.5. The Bertz CT molecular complexity index is 1530. The third kappa shape index (κ3) is 3.53. The quantitative estimate of drug-likeness (QED) is 0.521. The summed E-state index contributed by atoms with van der Waals surface area (Å²) in [5.41, 5.74) is -6.41. The minimum Gasteiger partial charge on any atom is -0.497 e. The first-order chi connectivity index (χ1) is 17.8.